The number of rotatable bonds is 4. The number of para-hydroxylation sites is 1. The first kappa shape index (κ1) is 15.6. The number of ether oxygens (including phenoxy) is 1. The van der Waals surface area contributed by atoms with Crippen LogP contribution in [0.2, 0.25) is 5.02 Å². The third kappa shape index (κ3) is 3.45. The summed E-state index contributed by atoms with van der Waals surface area (Å²) in [6.45, 7) is 0.446. The van der Waals surface area contributed by atoms with Crippen LogP contribution >= 0.6 is 43.5 Å². The maximum Gasteiger partial charge on any atom is 0.147 e. The molecule has 2 rings (SSSR count). The molecular formula is C14H11Br2ClFNO. The second-order valence-electron chi connectivity index (χ2n) is 4.04. The van der Waals surface area contributed by atoms with Crippen LogP contribution in [0.5, 0.6) is 5.75 Å². The van der Waals surface area contributed by atoms with Gasteiger partial charge in [-0.05, 0) is 61.7 Å². The molecular weight excluding hydrogens is 412 g/mol. The Morgan fingerprint density at radius 3 is 2.45 bits per heavy atom. The number of anilines is 1. The molecule has 0 saturated carbocycles. The first-order chi connectivity index (χ1) is 9.52. The Morgan fingerprint density at radius 2 is 1.90 bits per heavy atom. The Morgan fingerprint density at radius 1 is 1.25 bits per heavy atom. The molecule has 0 spiro atoms. The van der Waals surface area contributed by atoms with Crippen molar-refractivity contribution in [2.75, 3.05) is 12.4 Å². The summed E-state index contributed by atoms with van der Waals surface area (Å²) in [4.78, 5) is 0. The van der Waals surface area contributed by atoms with E-state index < -0.39 is 0 Å². The van der Waals surface area contributed by atoms with Crippen molar-refractivity contribution in [3.8, 4) is 5.75 Å². The number of hydrogen-bond acceptors (Lipinski definition) is 2. The van der Waals surface area contributed by atoms with Crippen LogP contribution in [-0.2, 0) is 6.54 Å². The Balaban J connectivity index is 2.20. The van der Waals surface area contributed by atoms with Gasteiger partial charge in [-0.3, -0.25) is 0 Å². The summed E-state index contributed by atoms with van der Waals surface area (Å²) in [5.41, 5.74) is 1.26. The molecule has 0 aliphatic rings. The summed E-state index contributed by atoms with van der Waals surface area (Å²) in [7, 11) is 1.60. The van der Waals surface area contributed by atoms with Crippen molar-refractivity contribution in [3.05, 3.63) is 55.7 Å². The number of halogens is 4. The third-order valence-corrected chi connectivity index (χ3v) is 4.19. The van der Waals surface area contributed by atoms with Gasteiger partial charge in [0.1, 0.15) is 11.6 Å². The zero-order valence-electron chi connectivity index (χ0n) is 10.5. The van der Waals surface area contributed by atoms with E-state index in [1.165, 1.54) is 6.07 Å². The van der Waals surface area contributed by atoms with Crippen LogP contribution in [0.3, 0.4) is 0 Å². The molecule has 0 aromatic heterocycles. The SMILES string of the molecule is COc1c(Br)cc(CNc2c(F)cccc2Cl)cc1Br. The lowest BCUT2D eigenvalue weighted by atomic mass is 10.2. The van der Waals surface area contributed by atoms with Crippen molar-refractivity contribution in [2.45, 2.75) is 6.54 Å². The summed E-state index contributed by atoms with van der Waals surface area (Å²) >= 11 is 12.8. The summed E-state index contributed by atoms with van der Waals surface area (Å²) in [6.07, 6.45) is 0. The standard InChI is InChI=1S/C14H11Br2ClFNO/c1-20-14-9(15)5-8(6-10(14)16)7-19-13-11(17)3-2-4-12(13)18/h2-6,19H,7H2,1H3. The largest absolute Gasteiger partial charge is 0.494 e. The Kier molecular flexibility index (Phi) is 5.29. The minimum absolute atomic E-state index is 0.303. The lowest BCUT2D eigenvalue weighted by Gasteiger charge is -2.12. The predicted octanol–water partition coefficient (Wildman–Crippen LogP) is 5.62. The normalized spacial score (nSPS) is 10.4. The molecule has 1 N–H and O–H groups in total. The van der Waals surface area contributed by atoms with E-state index in [2.05, 4.69) is 37.2 Å². The zero-order valence-corrected chi connectivity index (χ0v) is 14.4. The van der Waals surface area contributed by atoms with E-state index in [1.54, 1.807) is 19.2 Å². The molecule has 20 heavy (non-hydrogen) atoms. The molecule has 0 amide bonds. The quantitative estimate of drug-likeness (QED) is 0.689. The van der Waals surface area contributed by atoms with Gasteiger partial charge >= 0.3 is 0 Å². The molecule has 0 aliphatic carbocycles. The van der Waals surface area contributed by atoms with Crippen LogP contribution in [0, 0.1) is 5.82 Å². The van der Waals surface area contributed by atoms with E-state index >= 15 is 0 Å². The number of nitrogens with one attached hydrogen (secondary N) is 1. The van der Waals surface area contributed by atoms with Crippen LogP contribution in [-0.4, -0.2) is 7.11 Å². The third-order valence-electron chi connectivity index (χ3n) is 2.69. The molecule has 106 valence electrons. The smallest absolute Gasteiger partial charge is 0.147 e. The summed E-state index contributed by atoms with van der Waals surface area (Å²) < 4.78 is 20.5. The summed E-state index contributed by atoms with van der Waals surface area (Å²) in [5.74, 6) is 0.349. The van der Waals surface area contributed by atoms with E-state index in [0.717, 1.165) is 20.3 Å². The first-order valence-corrected chi connectivity index (χ1v) is 7.69. The Hall–Kier alpha value is -0.780. The maximum atomic E-state index is 13.6. The van der Waals surface area contributed by atoms with Gasteiger partial charge in [-0.15, -0.1) is 0 Å². The first-order valence-electron chi connectivity index (χ1n) is 5.72. The fourth-order valence-electron chi connectivity index (χ4n) is 1.77. The highest BCUT2D eigenvalue weighted by atomic mass is 79.9. The van der Waals surface area contributed by atoms with Crippen LogP contribution in [0.15, 0.2) is 39.3 Å². The molecule has 0 fully saturated rings. The van der Waals surface area contributed by atoms with E-state index in [9.17, 15) is 4.39 Å². The summed E-state index contributed by atoms with van der Waals surface area (Å²) in [5, 5.41) is 3.36. The molecule has 0 atom stereocenters. The molecule has 2 nitrogen and oxygen atoms in total. The maximum absolute atomic E-state index is 13.6. The van der Waals surface area contributed by atoms with Gasteiger partial charge in [-0.1, -0.05) is 17.7 Å². The van der Waals surface area contributed by atoms with E-state index in [4.69, 9.17) is 16.3 Å². The molecule has 0 saturated heterocycles. The van der Waals surface area contributed by atoms with Gasteiger partial charge < -0.3 is 10.1 Å². The number of benzene rings is 2. The lowest BCUT2D eigenvalue weighted by Crippen LogP contribution is -2.02. The average Bonchev–Trinajstić information content (AvgIpc) is 2.38. The fraction of sp³-hybridized carbons (Fsp3) is 0.143. The Bertz CT molecular complexity index is 593. The van der Waals surface area contributed by atoms with Gasteiger partial charge in [0, 0.05) is 6.54 Å². The van der Waals surface area contributed by atoms with E-state index in [0.29, 0.717) is 17.3 Å². The second-order valence-corrected chi connectivity index (χ2v) is 6.16. The monoisotopic (exact) mass is 421 g/mol. The predicted molar refractivity (Wildman–Crippen MR) is 87.1 cm³/mol. The van der Waals surface area contributed by atoms with Crippen LogP contribution in [0.1, 0.15) is 5.56 Å². The average molecular weight is 424 g/mol. The fourth-order valence-corrected chi connectivity index (χ4v) is 3.60. The van der Waals surface area contributed by atoms with Crippen molar-refractivity contribution in [2.24, 2.45) is 0 Å². The molecule has 2 aromatic carbocycles. The van der Waals surface area contributed by atoms with Crippen LogP contribution < -0.4 is 10.1 Å². The van der Waals surface area contributed by atoms with Gasteiger partial charge in [0.05, 0.1) is 26.8 Å². The van der Waals surface area contributed by atoms with Crippen molar-refractivity contribution in [3.63, 3.8) is 0 Å². The molecule has 6 heteroatoms. The van der Waals surface area contributed by atoms with Crippen molar-refractivity contribution >= 4 is 49.1 Å². The molecule has 0 radical (unpaired) electrons. The second kappa shape index (κ2) is 6.78. The number of hydrogen-bond donors (Lipinski definition) is 1. The lowest BCUT2D eigenvalue weighted by molar-refractivity contribution is 0.409. The summed E-state index contributed by atoms with van der Waals surface area (Å²) in [6, 6.07) is 8.40. The van der Waals surface area contributed by atoms with E-state index in [-0.39, 0.29) is 5.82 Å². The zero-order chi connectivity index (χ0) is 14.7. The van der Waals surface area contributed by atoms with Gasteiger partial charge in [-0.2, -0.15) is 0 Å². The van der Waals surface area contributed by atoms with Crippen molar-refractivity contribution < 1.29 is 9.13 Å². The minimum Gasteiger partial charge on any atom is -0.494 e. The van der Waals surface area contributed by atoms with Crippen LogP contribution in [0.4, 0.5) is 10.1 Å². The minimum atomic E-state index is -0.371. The van der Waals surface area contributed by atoms with Gasteiger partial charge in [0.15, 0.2) is 0 Å². The van der Waals surface area contributed by atoms with Gasteiger partial charge in [0.25, 0.3) is 0 Å². The molecule has 0 unspecified atom stereocenters. The molecule has 0 heterocycles. The van der Waals surface area contributed by atoms with Crippen LogP contribution in [0.25, 0.3) is 0 Å². The van der Waals surface area contributed by atoms with E-state index in [1.807, 2.05) is 12.1 Å². The molecule has 0 aliphatic heterocycles. The topological polar surface area (TPSA) is 21.3 Å². The Labute approximate surface area is 138 Å². The number of methoxy groups -OCH3 is 1. The van der Waals surface area contributed by atoms with Gasteiger partial charge in [0.2, 0.25) is 0 Å². The van der Waals surface area contributed by atoms with Gasteiger partial charge in [-0.25, -0.2) is 4.39 Å². The highest BCUT2D eigenvalue weighted by molar-refractivity contribution is 9.11. The molecule has 0 bridgehead atoms. The highest BCUT2D eigenvalue weighted by Crippen LogP contribution is 2.35. The van der Waals surface area contributed by atoms with Crippen molar-refractivity contribution in [1.29, 1.82) is 0 Å². The van der Waals surface area contributed by atoms with Crippen molar-refractivity contribution in [1.82, 2.24) is 0 Å². The highest BCUT2D eigenvalue weighted by Gasteiger charge is 2.10. The molecule has 2 aromatic rings.